The molecular weight excluding hydrogens is 397 g/mol. The second-order valence-corrected chi connectivity index (χ2v) is 8.13. The van der Waals surface area contributed by atoms with E-state index in [1.54, 1.807) is 23.0 Å². The first kappa shape index (κ1) is 21.4. The Balaban J connectivity index is 1.75. The van der Waals surface area contributed by atoms with Gasteiger partial charge in [-0.2, -0.15) is 5.10 Å². The molecule has 0 aliphatic carbocycles. The van der Waals surface area contributed by atoms with Crippen LogP contribution in [-0.2, 0) is 24.2 Å². The van der Waals surface area contributed by atoms with E-state index < -0.39 is 0 Å². The number of ether oxygens (including phenoxy) is 1. The van der Waals surface area contributed by atoms with Crippen molar-refractivity contribution in [2.75, 3.05) is 24.6 Å². The third-order valence-corrected chi connectivity index (χ3v) is 5.89. The van der Waals surface area contributed by atoms with Crippen LogP contribution in [0, 0.1) is 12.7 Å². The van der Waals surface area contributed by atoms with Gasteiger partial charge >= 0.3 is 5.69 Å². The molecule has 3 aromatic rings. The standard InChI is InChI=1S/C23H30FN5O2/c1-5-19-9-20(26-7-8-31-17(4)13-26)10-21(22(19)24)29-12-16(3)28(23(29)30)15-18-11-25-27(6-2)14-18/h9-12,14,17H,5-8,13,15H2,1-4H3/t17-/m1/s1. The minimum atomic E-state index is -0.342. The van der Waals surface area contributed by atoms with Gasteiger partial charge in [-0.1, -0.05) is 6.92 Å². The molecule has 166 valence electrons. The maximum absolute atomic E-state index is 15.4. The van der Waals surface area contributed by atoms with Gasteiger partial charge in [0.1, 0.15) is 0 Å². The highest BCUT2D eigenvalue weighted by molar-refractivity contribution is 5.57. The van der Waals surface area contributed by atoms with E-state index in [0.29, 0.717) is 30.8 Å². The lowest BCUT2D eigenvalue weighted by Gasteiger charge is -2.33. The van der Waals surface area contributed by atoms with Gasteiger partial charge in [0, 0.05) is 49.0 Å². The Bertz CT molecular complexity index is 1130. The minimum absolute atomic E-state index is 0.113. The van der Waals surface area contributed by atoms with Crippen LogP contribution in [0.25, 0.3) is 5.69 Å². The number of imidazole rings is 1. The van der Waals surface area contributed by atoms with Crippen molar-refractivity contribution in [2.24, 2.45) is 0 Å². The van der Waals surface area contributed by atoms with Gasteiger partial charge in [0.2, 0.25) is 0 Å². The van der Waals surface area contributed by atoms with E-state index >= 15 is 4.39 Å². The Kier molecular flexibility index (Phi) is 6.00. The Morgan fingerprint density at radius 1 is 1.26 bits per heavy atom. The van der Waals surface area contributed by atoms with Crippen molar-refractivity contribution in [1.29, 1.82) is 0 Å². The summed E-state index contributed by atoms with van der Waals surface area (Å²) in [5.74, 6) is -0.342. The fraction of sp³-hybridized carbons (Fsp3) is 0.478. The highest BCUT2D eigenvalue weighted by Gasteiger charge is 2.22. The number of hydrogen-bond acceptors (Lipinski definition) is 4. The molecule has 0 radical (unpaired) electrons. The lowest BCUT2D eigenvalue weighted by molar-refractivity contribution is 0.0532. The fourth-order valence-corrected chi connectivity index (χ4v) is 4.12. The van der Waals surface area contributed by atoms with Crippen molar-refractivity contribution in [3.8, 4) is 5.69 Å². The fourth-order valence-electron chi connectivity index (χ4n) is 4.12. The van der Waals surface area contributed by atoms with Crippen molar-refractivity contribution in [1.82, 2.24) is 18.9 Å². The summed E-state index contributed by atoms with van der Waals surface area (Å²) in [4.78, 5) is 15.5. The van der Waals surface area contributed by atoms with E-state index in [1.165, 1.54) is 4.57 Å². The van der Waals surface area contributed by atoms with E-state index in [2.05, 4.69) is 10.00 Å². The molecule has 7 nitrogen and oxygen atoms in total. The summed E-state index contributed by atoms with van der Waals surface area (Å²) in [6, 6.07) is 3.68. The molecule has 1 atom stereocenters. The number of aryl methyl sites for hydroxylation is 3. The highest BCUT2D eigenvalue weighted by atomic mass is 19.1. The summed E-state index contributed by atoms with van der Waals surface area (Å²) >= 11 is 0. The number of rotatable bonds is 6. The predicted octanol–water partition coefficient (Wildman–Crippen LogP) is 3.14. The van der Waals surface area contributed by atoms with E-state index in [0.717, 1.165) is 36.6 Å². The summed E-state index contributed by atoms with van der Waals surface area (Å²) in [5.41, 5.74) is 3.28. The number of hydrogen-bond donors (Lipinski definition) is 0. The smallest absolute Gasteiger partial charge is 0.333 e. The summed E-state index contributed by atoms with van der Waals surface area (Å²) in [5, 5.41) is 4.28. The normalized spacial score (nSPS) is 16.8. The van der Waals surface area contributed by atoms with Crippen LogP contribution in [0.2, 0.25) is 0 Å². The van der Waals surface area contributed by atoms with Crippen molar-refractivity contribution in [3.05, 3.63) is 63.8 Å². The van der Waals surface area contributed by atoms with Gasteiger partial charge in [-0.3, -0.25) is 13.8 Å². The maximum Gasteiger partial charge on any atom is 0.333 e. The molecule has 2 aromatic heterocycles. The minimum Gasteiger partial charge on any atom is -0.375 e. The second-order valence-electron chi connectivity index (χ2n) is 8.13. The zero-order valence-corrected chi connectivity index (χ0v) is 18.6. The average molecular weight is 428 g/mol. The highest BCUT2D eigenvalue weighted by Crippen LogP contribution is 2.27. The van der Waals surface area contributed by atoms with E-state index in [9.17, 15) is 4.79 Å². The van der Waals surface area contributed by atoms with Gasteiger partial charge in [0.05, 0.1) is 31.1 Å². The molecule has 8 heteroatoms. The first-order valence-electron chi connectivity index (χ1n) is 10.9. The Morgan fingerprint density at radius 3 is 2.74 bits per heavy atom. The molecule has 1 aliphatic rings. The number of anilines is 1. The van der Waals surface area contributed by atoms with Crippen LogP contribution in [0.4, 0.5) is 10.1 Å². The van der Waals surface area contributed by atoms with Crippen molar-refractivity contribution in [3.63, 3.8) is 0 Å². The van der Waals surface area contributed by atoms with Crippen molar-refractivity contribution in [2.45, 2.75) is 53.3 Å². The lowest BCUT2D eigenvalue weighted by Crippen LogP contribution is -2.41. The molecule has 0 spiro atoms. The van der Waals surface area contributed by atoms with Crippen molar-refractivity contribution >= 4 is 5.69 Å². The molecule has 0 saturated carbocycles. The largest absolute Gasteiger partial charge is 0.375 e. The number of aromatic nitrogens is 4. The van der Waals surface area contributed by atoms with Crippen molar-refractivity contribution < 1.29 is 9.13 Å². The zero-order chi connectivity index (χ0) is 22.1. The van der Waals surface area contributed by atoms with Crippen LogP contribution in [0.1, 0.15) is 37.6 Å². The lowest BCUT2D eigenvalue weighted by atomic mass is 10.1. The third kappa shape index (κ3) is 4.17. The summed E-state index contributed by atoms with van der Waals surface area (Å²) in [6.45, 7) is 11.1. The first-order chi connectivity index (χ1) is 14.9. The second kappa shape index (κ2) is 8.70. The SMILES string of the molecule is CCc1cc(N2CCO[C@H](C)C2)cc(-n2cc(C)n(Cc3cnn(CC)c3)c2=O)c1F. The molecule has 1 aromatic carbocycles. The number of halogens is 1. The van der Waals surface area contributed by atoms with Crippen LogP contribution in [-0.4, -0.2) is 44.7 Å². The molecule has 4 rings (SSSR count). The third-order valence-electron chi connectivity index (χ3n) is 5.89. The molecular formula is C23H30FN5O2. The number of nitrogens with zero attached hydrogens (tertiary/aromatic N) is 5. The number of morpholine rings is 1. The van der Waals surface area contributed by atoms with Crippen LogP contribution in [0.3, 0.4) is 0 Å². The molecule has 0 bridgehead atoms. The molecule has 1 saturated heterocycles. The van der Waals surface area contributed by atoms with E-state index in [-0.39, 0.29) is 17.6 Å². The Hall–Kier alpha value is -2.87. The Morgan fingerprint density at radius 2 is 2.06 bits per heavy atom. The van der Waals surface area contributed by atoms with Crippen LogP contribution in [0.15, 0.2) is 35.5 Å². The first-order valence-corrected chi connectivity index (χ1v) is 10.9. The van der Waals surface area contributed by atoms with Crippen LogP contribution >= 0.6 is 0 Å². The van der Waals surface area contributed by atoms with E-state index in [4.69, 9.17) is 4.74 Å². The molecule has 0 N–H and O–H groups in total. The molecule has 0 amide bonds. The molecule has 31 heavy (non-hydrogen) atoms. The molecule has 0 unspecified atom stereocenters. The van der Waals surface area contributed by atoms with Gasteiger partial charge in [0.15, 0.2) is 5.82 Å². The monoisotopic (exact) mass is 427 g/mol. The quantitative estimate of drug-likeness (QED) is 0.607. The van der Waals surface area contributed by atoms with Gasteiger partial charge in [-0.15, -0.1) is 0 Å². The maximum atomic E-state index is 15.4. The Labute approximate surface area is 181 Å². The van der Waals surface area contributed by atoms with Gasteiger partial charge in [-0.05, 0) is 44.9 Å². The average Bonchev–Trinajstić information content (AvgIpc) is 3.33. The summed E-state index contributed by atoms with van der Waals surface area (Å²) < 4.78 is 25.9. The summed E-state index contributed by atoms with van der Waals surface area (Å²) in [6.07, 6.45) is 6.08. The topological polar surface area (TPSA) is 57.2 Å². The summed E-state index contributed by atoms with van der Waals surface area (Å²) in [7, 11) is 0. The molecule has 3 heterocycles. The van der Waals surface area contributed by atoms with E-state index in [1.807, 2.05) is 44.6 Å². The van der Waals surface area contributed by atoms with Gasteiger partial charge in [0.25, 0.3) is 0 Å². The number of benzene rings is 1. The zero-order valence-electron chi connectivity index (χ0n) is 18.6. The van der Waals surface area contributed by atoms with Crippen LogP contribution in [0.5, 0.6) is 0 Å². The molecule has 1 fully saturated rings. The predicted molar refractivity (Wildman–Crippen MR) is 119 cm³/mol. The van der Waals surface area contributed by atoms with Crippen LogP contribution < -0.4 is 10.6 Å². The van der Waals surface area contributed by atoms with Gasteiger partial charge in [-0.25, -0.2) is 9.18 Å². The molecule has 1 aliphatic heterocycles. The van der Waals surface area contributed by atoms with Gasteiger partial charge < -0.3 is 9.64 Å².